The number of esters is 1. The van der Waals surface area contributed by atoms with E-state index >= 15 is 0 Å². The van der Waals surface area contributed by atoms with Gasteiger partial charge in [0.15, 0.2) is 0 Å². The van der Waals surface area contributed by atoms with Gasteiger partial charge in [0.2, 0.25) is 6.10 Å². The fourth-order valence-corrected chi connectivity index (χ4v) is 3.84. The van der Waals surface area contributed by atoms with Crippen molar-refractivity contribution in [2.75, 3.05) is 6.61 Å². The van der Waals surface area contributed by atoms with Gasteiger partial charge in [0.05, 0.1) is 5.57 Å². The number of rotatable bonds is 5. The lowest BCUT2D eigenvalue weighted by Crippen LogP contribution is -2.40. The Balaban J connectivity index is 1.51. The maximum atomic E-state index is 13.0. The first-order valence-electron chi connectivity index (χ1n) is 10.2. The second-order valence-electron chi connectivity index (χ2n) is 7.54. The summed E-state index contributed by atoms with van der Waals surface area (Å²) in [5, 5.41) is 3.07. The fourth-order valence-electron chi connectivity index (χ4n) is 3.84. The molecule has 1 heterocycles. The van der Waals surface area contributed by atoms with Crippen LogP contribution in [0.4, 0.5) is 0 Å². The van der Waals surface area contributed by atoms with Crippen molar-refractivity contribution in [1.29, 1.82) is 0 Å². The van der Waals surface area contributed by atoms with E-state index in [0.29, 0.717) is 11.1 Å². The topological polar surface area (TPSA) is 64.6 Å². The Labute approximate surface area is 170 Å². The molecule has 5 nitrogen and oxygen atoms in total. The number of amides is 1. The summed E-state index contributed by atoms with van der Waals surface area (Å²) >= 11 is 0. The number of hydrogen-bond donors (Lipinski definition) is 1. The van der Waals surface area contributed by atoms with Crippen LogP contribution in [0, 0.1) is 0 Å². The number of benzene rings is 2. The van der Waals surface area contributed by atoms with Crippen molar-refractivity contribution in [3.63, 3.8) is 0 Å². The Kier molecular flexibility index (Phi) is 5.94. The van der Waals surface area contributed by atoms with Gasteiger partial charge in [0.25, 0.3) is 5.91 Å². The zero-order valence-corrected chi connectivity index (χ0v) is 16.3. The first-order valence-corrected chi connectivity index (χ1v) is 10.2. The monoisotopic (exact) mass is 391 g/mol. The van der Waals surface area contributed by atoms with Crippen molar-refractivity contribution >= 4 is 18.0 Å². The molecule has 29 heavy (non-hydrogen) atoms. The van der Waals surface area contributed by atoms with Crippen molar-refractivity contribution in [1.82, 2.24) is 5.32 Å². The quantitative estimate of drug-likeness (QED) is 0.776. The first-order chi connectivity index (χ1) is 14.2. The molecule has 1 fully saturated rings. The maximum Gasteiger partial charge on any atom is 0.338 e. The summed E-state index contributed by atoms with van der Waals surface area (Å²) in [6, 6.07) is 16.8. The van der Waals surface area contributed by atoms with Crippen LogP contribution in [-0.2, 0) is 14.3 Å². The van der Waals surface area contributed by atoms with Crippen molar-refractivity contribution < 1.29 is 19.1 Å². The molecule has 4 rings (SSSR count). The molecular weight excluding hydrogens is 366 g/mol. The van der Waals surface area contributed by atoms with Gasteiger partial charge in [-0.1, -0.05) is 67.8 Å². The van der Waals surface area contributed by atoms with Gasteiger partial charge in [0.1, 0.15) is 12.4 Å². The van der Waals surface area contributed by atoms with E-state index in [2.05, 4.69) is 5.32 Å². The van der Waals surface area contributed by atoms with Crippen molar-refractivity contribution in [3.8, 4) is 5.75 Å². The minimum absolute atomic E-state index is 0.127. The number of fused-ring (bicyclic) bond motifs is 1. The van der Waals surface area contributed by atoms with Gasteiger partial charge in [-0.15, -0.1) is 0 Å². The third-order valence-corrected chi connectivity index (χ3v) is 5.41. The van der Waals surface area contributed by atoms with Crippen molar-refractivity contribution in [2.45, 2.75) is 44.2 Å². The van der Waals surface area contributed by atoms with Gasteiger partial charge in [-0.2, -0.15) is 0 Å². The number of hydrogen-bond acceptors (Lipinski definition) is 4. The van der Waals surface area contributed by atoms with E-state index in [0.717, 1.165) is 37.0 Å². The highest BCUT2D eigenvalue weighted by atomic mass is 16.6. The van der Waals surface area contributed by atoms with E-state index in [1.54, 1.807) is 18.2 Å². The molecule has 5 heteroatoms. The molecule has 2 aromatic rings. The molecule has 0 spiro atoms. The Morgan fingerprint density at radius 3 is 2.48 bits per heavy atom. The molecule has 0 saturated heterocycles. The van der Waals surface area contributed by atoms with Gasteiger partial charge in [-0.25, -0.2) is 4.79 Å². The van der Waals surface area contributed by atoms with Crippen molar-refractivity contribution in [3.05, 3.63) is 71.3 Å². The molecule has 150 valence electrons. The van der Waals surface area contributed by atoms with Crippen LogP contribution in [0.15, 0.2) is 60.2 Å². The van der Waals surface area contributed by atoms with Crippen molar-refractivity contribution in [2.24, 2.45) is 0 Å². The molecule has 0 radical (unpaired) electrons. The molecule has 1 aliphatic heterocycles. The summed E-state index contributed by atoms with van der Waals surface area (Å²) in [5.41, 5.74) is 1.88. The Morgan fingerprint density at radius 2 is 1.69 bits per heavy atom. The molecule has 1 aliphatic carbocycles. The molecule has 1 atom stereocenters. The normalized spacial score (nSPS) is 17.3. The van der Waals surface area contributed by atoms with Crippen LogP contribution < -0.4 is 10.1 Å². The molecular formula is C24H25NO4. The lowest BCUT2D eigenvalue weighted by Gasteiger charge is -2.26. The predicted molar refractivity (Wildman–Crippen MR) is 110 cm³/mol. The summed E-state index contributed by atoms with van der Waals surface area (Å²) in [7, 11) is 0. The van der Waals surface area contributed by atoms with Crippen LogP contribution in [0.5, 0.6) is 5.75 Å². The largest absolute Gasteiger partial charge is 0.488 e. The number of ether oxygens (including phenoxy) is 2. The SMILES string of the molecule is O=C(O[C@H](C(=O)NC1CCCCC1)c1ccccc1)C1=Cc2ccccc2OC1. The number of para-hydroxylation sites is 1. The summed E-state index contributed by atoms with van der Waals surface area (Å²) in [6.45, 7) is 0.127. The average Bonchev–Trinajstić information content (AvgIpc) is 2.78. The molecule has 0 unspecified atom stereocenters. The number of carbonyl (C=O) groups is 2. The van der Waals surface area contributed by atoms with Crippen LogP contribution >= 0.6 is 0 Å². The van der Waals surface area contributed by atoms with E-state index in [4.69, 9.17) is 9.47 Å². The van der Waals surface area contributed by atoms with Crippen LogP contribution in [0.25, 0.3) is 6.08 Å². The molecule has 1 N–H and O–H groups in total. The molecule has 0 aromatic heterocycles. The lowest BCUT2D eigenvalue weighted by atomic mass is 9.95. The molecule has 2 aliphatic rings. The van der Waals surface area contributed by atoms with E-state index < -0.39 is 12.1 Å². The smallest absolute Gasteiger partial charge is 0.338 e. The summed E-state index contributed by atoms with van der Waals surface area (Å²) < 4.78 is 11.4. The van der Waals surface area contributed by atoms with Crippen LogP contribution in [0.3, 0.4) is 0 Å². The Bertz CT molecular complexity index is 900. The standard InChI is InChI=1S/C24H25NO4/c26-23(25-20-12-5-2-6-13-20)22(17-9-3-1-4-10-17)29-24(27)19-15-18-11-7-8-14-21(18)28-16-19/h1,3-4,7-11,14-15,20,22H,2,5-6,12-13,16H2,(H,25,26)/t22-/m0/s1. The third kappa shape index (κ3) is 4.67. The molecule has 1 amide bonds. The van der Waals surface area contributed by atoms with Crippen LogP contribution in [-0.4, -0.2) is 24.5 Å². The minimum Gasteiger partial charge on any atom is -0.488 e. The Hall–Kier alpha value is -3.08. The highest BCUT2D eigenvalue weighted by molar-refractivity contribution is 5.97. The van der Waals surface area contributed by atoms with E-state index in [9.17, 15) is 9.59 Å². The zero-order valence-electron chi connectivity index (χ0n) is 16.3. The van der Waals surface area contributed by atoms with E-state index in [-0.39, 0.29) is 18.6 Å². The molecule has 0 bridgehead atoms. The zero-order chi connectivity index (χ0) is 20.1. The van der Waals surface area contributed by atoms with Crippen LogP contribution in [0.1, 0.15) is 49.3 Å². The Morgan fingerprint density at radius 1 is 0.966 bits per heavy atom. The summed E-state index contributed by atoms with van der Waals surface area (Å²) in [5.74, 6) is -0.0694. The van der Waals surface area contributed by atoms with Crippen LogP contribution in [0.2, 0.25) is 0 Å². The second kappa shape index (κ2) is 8.95. The predicted octanol–water partition coefficient (Wildman–Crippen LogP) is 4.20. The minimum atomic E-state index is -0.983. The van der Waals surface area contributed by atoms with E-state index in [1.807, 2.05) is 42.5 Å². The second-order valence-corrected chi connectivity index (χ2v) is 7.54. The summed E-state index contributed by atoms with van der Waals surface area (Å²) in [6.07, 6.45) is 6.16. The highest BCUT2D eigenvalue weighted by Gasteiger charge is 2.29. The fraction of sp³-hybridized carbons (Fsp3) is 0.333. The van der Waals surface area contributed by atoms with E-state index in [1.165, 1.54) is 6.42 Å². The molecule has 1 saturated carbocycles. The van der Waals surface area contributed by atoms with Gasteiger partial charge in [-0.05, 0) is 25.0 Å². The maximum absolute atomic E-state index is 13.0. The highest BCUT2D eigenvalue weighted by Crippen LogP contribution is 2.28. The van der Waals surface area contributed by atoms with Gasteiger partial charge in [-0.3, -0.25) is 4.79 Å². The molecule has 2 aromatic carbocycles. The summed E-state index contributed by atoms with van der Waals surface area (Å²) in [4.78, 5) is 25.8. The van der Waals surface area contributed by atoms with Gasteiger partial charge in [0, 0.05) is 17.2 Å². The lowest BCUT2D eigenvalue weighted by molar-refractivity contribution is -0.153. The van der Waals surface area contributed by atoms with Gasteiger partial charge < -0.3 is 14.8 Å². The average molecular weight is 391 g/mol. The third-order valence-electron chi connectivity index (χ3n) is 5.41. The number of nitrogens with one attached hydrogen (secondary N) is 1. The number of carbonyl (C=O) groups excluding carboxylic acids is 2. The first kappa shape index (κ1) is 19.2. The van der Waals surface area contributed by atoms with Gasteiger partial charge >= 0.3 is 5.97 Å².